The Labute approximate surface area is 123 Å². The van der Waals surface area contributed by atoms with Crippen molar-refractivity contribution >= 4 is 21.6 Å². The van der Waals surface area contributed by atoms with Crippen LogP contribution < -0.4 is 15.2 Å². The van der Waals surface area contributed by atoms with E-state index in [0.29, 0.717) is 23.5 Å². The van der Waals surface area contributed by atoms with Crippen LogP contribution in [0, 0.1) is 12.7 Å². The maximum absolute atomic E-state index is 13.4. The van der Waals surface area contributed by atoms with Crippen molar-refractivity contribution in [3.8, 4) is 0 Å². The van der Waals surface area contributed by atoms with Crippen molar-refractivity contribution in [2.45, 2.75) is 13.5 Å². The van der Waals surface area contributed by atoms with Gasteiger partial charge in [-0.2, -0.15) is 8.42 Å². The van der Waals surface area contributed by atoms with Gasteiger partial charge in [0.2, 0.25) is 0 Å². The number of nitrogens with two attached hydrogens (primary N) is 1. The summed E-state index contributed by atoms with van der Waals surface area (Å²) in [5.74, 6) is -0.251. The van der Waals surface area contributed by atoms with Gasteiger partial charge in [0.25, 0.3) is 10.2 Å². The Morgan fingerprint density at radius 2 is 1.86 bits per heavy atom. The first-order valence-electron chi connectivity index (χ1n) is 6.23. The van der Waals surface area contributed by atoms with Gasteiger partial charge in [-0.3, -0.25) is 4.72 Å². The van der Waals surface area contributed by atoms with Crippen LogP contribution in [0.3, 0.4) is 0 Å². The van der Waals surface area contributed by atoms with Crippen molar-refractivity contribution in [3.63, 3.8) is 0 Å². The van der Waals surface area contributed by atoms with E-state index in [9.17, 15) is 12.8 Å². The molecule has 0 aliphatic heterocycles. The first-order valence-corrected chi connectivity index (χ1v) is 7.77. The van der Waals surface area contributed by atoms with E-state index in [4.69, 9.17) is 5.14 Å². The third-order valence-electron chi connectivity index (χ3n) is 2.86. The maximum atomic E-state index is 13.4. The molecule has 0 atom stereocenters. The van der Waals surface area contributed by atoms with Crippen molar-refractivity contribution < 1.29 is 12.8 Å². The Hall–Kier alpha value is -2.12. The predicted molar refractivity (Wildman–Crippen MR) is 81.6 cm³/mol. The number of benzene rings is 2. The van der Waals surface area contributed by atoms with Gasteiger partial charge in [0.05, 0.1) is 5.69 Å². The predicted octanol–water partition coefficient (Wildman–Crippen LogP) is 2.36. The van der Waals surface area contributed by atoms with Crippen LogP contribution in [-0.2, 0) is 16.8 Å². The summed E-state index contributed by atoms with van der Waals surface area (Å²) in [5.41, 5.74) is 2.45. The van der Waals surface area contributed by atoms with Crippen molar-refractivity contribution in [2.24, 2.45) is 5.14 Å². The van der Waals surface area contributed by atoms with Gasteiger partial charge in [0.15, 0.2) is 0 Å². The number of nitrogens with one attached hydrogen (secondary N) is 2. The van der Waals surface area contributed by atoms with Gasteiger partial charge < -0.3 is 5.32 Å². The fraction of sp³-hybridized carbons (Fsp3) is 0.143. The third-order valence-corrected chi connectivity index (χ3v) is 3.38. The lowest BCUT2D eigenvalue weighted by Crippen LogP contribution is -2.21. The molecule has 0 bridgehead atoms. The summed E-state index contributed by atoms with van der Waals surface area (Å²) in [5, 5.41) is 8.00. The highest BCUT2D eigenvalue weighted by Crippen LogP contribution is 2.17. The molecule has 2 aromatic carbocycles. The summed E-state index contributed by atoms with van der Waals surface area (Å²) in [6.45, 7) is 2.13. The first kappa shape index (κ1) is 15.3. The average Bonchev–Trinajstić information content (AvgIpc) is 2.39. The van der Waals surface area contributed by atoms with Crippen LogP contribution in [0.5, 0.6) is 0 Å². The molecule has 0 aliphatic rings. The first-order chi connectivity index (χ1) is 9.83. The summed E-state index contributed by atoms with van der Waals surface area (Å²) in [4.78, 5) is 0. The van der Waals surface area contributed by atoms with E-state index in [-0.39, 0.29) is 5.82 Å². The van der Waals surface area contributed by atoms with Gasteiger partial charge in [-0.1, -0.05) is 18.2 Å². The molecule has 0 radical (unpaired) electrons. The Balaban J connectivity index is 2.06. The number of hydrogen-bond acceptors (Lipinski definition) is 3. The summed E-state index contributed by atoms with van der Waals surface area (Å²) in [6.07, 6.45) is 0. The smallest absolute Gasteiger partial charge is 0.296 e. The van der Waals surface area contributed by atoms with Crippen LogP contribution in [0.15, 0.2) is 42.5 Å². The number of halogens is 1. The molecular formula is C14H16FN3O2S. The van der Waals surface area contributed by atoms with Crippen LogP contribution in [-0.4, -0.2) is 8.42 Å². The second kappa shape index (κ2) is 6.11. The maximum Gasteiger partial charge on any atom is 0.296 e. The topological polar surface area (TPSA) is 84.2 Å². The minimum atomic E-state index is -3.80. The molecule has 0 saturated carbocycles. The molecule has 5 nitrogen and oxygen atoms in total. The summed E-state index contributed by atoms with van der Waals surface area (Å²) >= 11 is 0. The molecule has 0 heterocycles. The molecule has 2 rings (SSSR count). The van der Waals surface area contributed by atoms with E-state index in [1.54, 1.807) is 37.3 Å². The van der Waals surface area contributed by atoms with Crippen molar-refractivity contribution in [1.82, 2.24) is 0 Å². The highest BCUT2D eigenvalue weighted by atomic mass is 32.2. The van der Waals surface area contributed by atoms with E-state index < -0.39 is 10.2 Å². The van der Waals surface area contributed by atoms with Crippen LogP contribution >= 0.6 is 0 Å². The highest BCUT2D eigenvalue weighted by Gasteiger charge is 2.03. The lowest BCUT2D eigenvalue weighted by Gasteiger charge is -2.09. The lowest BCUT2D eigenvalue weighted by molar-refractivity contribution is 0.603. The average molecular weight is 309 g/mol. The molecule has 0 spiro atoms. The molecular weight excluding hydrogens is 293 g/mol. The Morgan fingerprint density at radius 3 is 2.52 bits per heavy atom. The van der Waals surface area contributed by atoms with Crippen molar-refractivity contribution in [3.05, 3.63) is 59.4 Å². The summed E-state index contributed by atoms with van der Waals surface area (Å²) < 4.78 is 37.6. The van der Waals surface area contributed by atoms with Gasteiger partial charge >= 0.3 is 0 Å². The van der Waals surface area contributed by atoms with Crippen LogP contribution in [0.25, 0.3) is 0 Å². The Bertz CT molecular complexity index is 748. The standard InChI is InChI=1S/C14H16FN3O2S/c1-10-5-6-11(7-14(10)15)9-17-12-3-2-4-13(8-12)18-21(16,19)20/h2-8,17-18H,9H2,1H3,(H2,16,19,20). The molecule has 7 heteroatoms. The summed E-state index contributed by atoms with van der Waals surface area (Å²) in [7, 11) is -3.80. The van der Waals surface area contributed by atoms with Gasteiger partial charge in [-0.15, -0.1) is 0 Å². The molecule has 112 valence electrons. The van der Waals surface area contributed by atoms with Gasteiger partial charge in [0, 0.05) is 12.2 Å². The second-order valence-corrected chi connectivity index (χ2v) is 5.96. The van der Waals surface area contributed by atoms with Gasteiger partial charge in [-0.25, -0.2) is 9.53 Å². The Kier molecular flexibility index (Phi) is 4.44. The molecule has 0 saturated heterocycles. The van der Waals surface area contributed by atoms with Crippen LogP contribution in [0.2, 0.25) is 0 Å². The summed E-state index contributed by atoms with van der Waals surface area (Å²) in [6, 6.07) is 11.7. The Morgan fingerprint density at radius 1 is 1.14 bits per heavy atom. The van der Waals surface area contributed by atoms with Crippen molar-refractivity contribution in [2.75, 3.05) is 10.0 Å². The number of aryl methyl sites for hydroxylation is 1. The van der Waals surface area contributed by atoms with Crippen LogP contribution in [0.1, 0.15) is 11.1 Å². The van der Waals surface area contributed by atoms with E-state index in [0.717, 1.165) is 5.56 Å². The minimum Gasteiger partial charge on any atom is -0.381 e. The number of rotatable bonds is 5. The lowest BCUT2D eigenvalue weighted by atomic mass is 10.1. The zero-order valence-corrected chi connectivity index (χ0v) is 12.2. The largest absolute Gasteiger partial charge is 0.381 e. The monoisotopic (exact) mass is 309 g/mol. The second-order valence-electron chi connectivity index (χ2n) is 4.66. The molecule has 4 N–H and O–H groups in total. The molecule has 0 amide bonds. The fourth-order valence-corrected chi connectivity index (χ4v) is 2.26. The van der Waals surface area contributed by atoms with Crippen LogP contribution in [0.4, 0.5) is 15.8 Å². The quantitative estimate of drug-likeness (QED) is 0.792. The number of hydrogen-bond donors (Lipinski definition) is 3. The van der Waals surface area contributed by atoms with Gasteiger partial charge in [-0.05, 0) is 42.3 Å². The minimum absolute atomic E-state index is 0.251. The molecule has 0 unspecified atom stereocenters. The zero-order chi connectivity index (χ0) is 15.5. The van der Waals surface area contributed by atoms with Crippen molar-refractivity contribution in [1.29, 1.82) is 0 Å². The highest BCUT2D eigenvalue weighted by molar-refractivity contribution is 7.90. The SMILES string of the molecule is Cc1ccc(CNc2cccc(NS(N)(=O)=O)c2)cc1F. The van der Waals surface area contributed by atoms with E-state index >= 15 is 0 Å². The number of anilines is 2. The van der Waals surface area contributed by atoms with E-state index in [1.807, 2.05) is 6.07 Å². The van der Waals surface area contributed by atoms with Gasteiger partial charge in [0.1, 0.15) is 5.82 Å². The third kappa shape index (κ3) is 4.73. The molecule has 2 aromatic rings. The van der Waals surface area contributed by atoms with E-state index in [2.05, 4.69) is 10.0 Å². The fourth-order valence-electron chi connectivity index (χ4n) is 1.81. The zero-order valence-electron chi connectivity index (χ0n) is 11.4. The molecule has 0 aromatic heterocycles. The molecule has 21 heavy (non-hydrogen) atoms. The molecule has 0 fully saturated rings. The van der Waals surface area contributed by atoms with E-state index in [1.165, 1.54) is 6.07 Å². The normalized spacial score (nSPS) is 11.2. The molecule has 0 aliphatic carbocycles.